The largest absolute Gasteiger partial charge is 0.493 e. The van der Waals surface area contributed by atoms with Gasteiger partial charge in [-0.3, -0.25) is 0 Å². The van der Waals surface area contributed by atoms with E-state index in [4.69, 9.17) is 15.1 Å². The highest BCUT2D eigenvalue weighted by Crippen LogP contribution is 2.27. The molecule has 0 spiro atoms. The van der Waals surface area contributed by atoms with E-state index in [1.165, 1.54) is 6.07 Å². The molecule has 1 rings (SSSR count). The lowest BCUT2D eigenvalue weighted by Gasteiger charge is -2.16. The van der Waals surface area contributed by atoms with Crippen LogP contribution in [0, 0.1) is 30.6 Å². The van der Waals surface area contributed by atoms with Crippen molar-refractivity contribution < 1.29 is 13.2 Å². The van der Waals surface area contributed by atoms with Crippen molar-refractivity contribution in [1.29, 1.82) is 5.26 Å². The maximum atomic E-state index is 11.4. The summed E-state index contributed by atoms with van der Waals surface area (Å²) in [6, 6.07) is 5.34. The molecule has 0 heterocycles. The monoisotopic (exact) mass is 310 g/mol. The van der Waals surface area contributed by atoms with Crippen LogP contribution in [0.1, 0.15) is 37.8 Å². The van der Waals surface area contributed by atoms with Gasteiger partial charge in [-0.1, -0.05) is 0 Å². The quantitative estimate of drug-likeness (QED) is 0.817. The van der Waals surface area contributed by atoms with Gasteiger partial charge in [-0.15, -0.1) is 0 Å². The molecule has 1 aromatic carbocycles. The average molecular weight is 310 g/mol. The predicted molar refractivity (Wildman–Crippen MR) is 81.4 cm³/mol. The number of nitriles is 1. The van der Waals surface area contributed by atoms with E-state index in [-0.39, 0.29) is 10.3 Å². The maximum Gasteiger partial charge on any atom is 0.238 e. The number of hydrogen-bond donors (Lipinski definition) is 1. The van der Waals surface area contributed by atoms with Crippen LogP contribution < -0.4 is 9.88 Å². The number of sulfonamides is 1. The van der Waals surface area contributed by atoms with Gasteiger partial charge in [0, 0.05) is 0 Å². The average Bonchev–Trinajstić information content (AvgIpc) is 2.38. The van der Waals surface area contributed by atoms with Crippen LogP contribution in [-0.2, 0) is 10.0 Å². The molecule has 0 amide bonds. The molecule has 0 radical (unpaired) electrons. The fraction of sp³-hybridized carbons (Fsp3) is 0.533. The molecule has 2 N–H and O–H groups in total. The van der Waals surface area contributed by atoms with Gasteiger partial charge in [0.05, 0.1) is 23.0 Å². The van der Waals surface area contributed by atoms with Crippen LogP contribution in [0.5, 0.6) is 5.75 Å². The van der Waals surface area contributed by atoms with Crippen LogP contribution in [0.3, 0.4) is 0 Å². The number of rotatable bonds is 6. The normalized spacial score (nSPS) is 12.0. The number of ether oxygens (including phenoxy) is 1. The van der Waals surface area contributed by atoms with Crippen molar-refractivity contribution in [2.24, 2.45) is 10.6 Å². The molecular formula is C15H22N2O3S. The van der Waals surface area contributed by atoms with Gasteiger partial charge in [0.15, 0.2) is 0 Å². The second-order valence-corrected chi connectivity index (χ2v) is 7.33. The highest BCUT2D eigenvalue weighted by atomic mass is 32.2. The minimum Gasteiger partial charge on any atom is -0.493 e. The standard InChI is InChI=1S/C15H22N2O3S/c1-11-12(2)14(21(17,18)19)7-6-13(11)20-9-5-8-15(3,4)10-16/h6-7H,5,8-9H2,1-4H3,(H2,17,18,19). The number of nitrogens with two attached hydrogens (primary N) is 1. The van der Waals surface area contributed by atoms with Gasteiger partial charge in [0.2, 0.25) is 10.0 Å². The van der Waals surface area contributed by atoms with Gasteiger partial charge >= 0.3 is 0 Å². The van der Waals surface area contributed by atoms with E-state index in [0.29, 0.717) is 17.9 Å². The first-order chi connectivity index (χ1) is 9.58. The Labute approximate surface area is 126 Å². The first-order valence-corrected chi connectivity index (χ1v) is 8.30. The molecule has 0 fully saturated rings. The van der Waals surface area contributed by atoms with Crippen molar-refractivity contribution in [3.05, 3.63) is 23.3 Å². The highest BCUT2D eigenvalue weighted by Gasteiger charge is 2.17. The van der Waals surface area contributed by atoms with Gasteiger partial charge in [0.1, 0.15) is 5.75 Å². The summed E-state index contributed by atoms with van der Waals surface area (Å²) in [5.74, 6) is 0.648. The zero-order valence-corrected chi connectivity index (χ0v) is 13.8. The molecule has 0 aliphatic rings. The number of benzene rings is 1. The summed E-state index contributed by atoms with van der Waals surface area (Å²) in [6.45, 7) is 7.78. The van der Waals surface area contributed by atoms with Crippen molar-refractivity contribution in [1.82, 2.24) is 0 Å². The highest BCUT2D eigenvalue weighted by molar-refractivity contribution is 7.89. The number of primary sulfonamides is 1. The fourth-order valence-electron chi connectivity index (χ4n) is 1.99. The summed E-state index contributed by atoms with van der Waals surface area (Å²) >= 11 is 0. The Balaban J connectivity index is 2.75. The molecule has 5 nitrogen and oxygen atoms in total. The van der Waals surface area contributed by atoms with Crippen molar-refractivity contribution in [3.8, 4) is 11.8 Å². The third-order valence-electron chi connectivity index (χ3n) is 3.50. The van der Waals surface area contributed by atoms with Crippen LogP contribution >= 0.6 is 0 Å². The lowest BCUT2D eigenvalue weighted by Crippen LogP contribution is -2.15. The van der Waals surface area contributed by atoms with E-state index in [1.807, 2.05) is 13.8 Å². The molecule has 0 aliphatic heterocycles. The first kappa shape index (κ1) is 17.5. The second kappa shape index (κ2) is 6.46. The van der Waals surface area contributed by atoms with E-state index >= 15 is 0 Å². The third kappa shape index (κ3) is 4.73. The molecule has 0 saturated carbocycles. The summed E-state index contributed by atoms with van der Waals surface area (Å²) < 4.78 is 28.5. The molecule has 0 aliphatic carbocycles. The second-order valence-electron chi connectivity index (χ2n) is 5.80. The van der Waals surface area contributed by atoms with Crippen molar-refractivity contribution in [2.75, 3.05) is 6.61 Å². The Morgan fingerprint density at radius 1 is 1.29 bits per heavy atom. The van der Waals surface area contributed by atoms with Crippen molar-refractivity contribution in [3.63, 3.8) is 0 Å². The van der Waals surface area contributed by atoms with E-state index in [1.54, 1.807) is 19.9 Å². The molecular weight excluding hydrogens is 288 g/mol. The lowest BCUT2D eigenvalue weighted by atomic mass is 9.90. The minimum absolute atomic E-state index is 0.123. The molecule has 0 saturated heterocycles. The fourth-order valence-corrected chi connectivity index (χ4v) is 2.83. The van der Waals surface area contributed by atoms with Crippen LogP contribution in [0.25, 0.3) is 0 Å². The van der Waals surface area contributed by atoms with Gasteiger partial charge in [0.25, 0.3) is 0 Å². The number of nitrogens with zero attached hydrogens (tertiary/aromatic N) is 1. The van der Waals surface area contributed by atoms with Gasteiger partial charge in [-0.2, -0.15) is 5.26 Å². The van der Waals surface area contributed by atoms with Crippen LogP contribution in [0.15, 0.2) is 17.0 Å². The first-order valence-electron chi connectivity index (χ1n) is 6.75. The molecule has 116 valence electrons. The summed E-state index contributed by atoms with van der Waals surface area (Å²) in [5.41, 5.74) is 1.01. The summed E-state index contributed by atoms with van der Waals surface area (Å²) in [6.07, 6.45) is 1.51. The molecule has 21 heavy (non-hydrogen) atoms. The van der Waals surface area contributed by atoms with E-state index < -0.39 is 10.0 Å². The lowest BCUT2D eigenvalue weighted by molar-refractivity contribution is 0.282. The molecule has 6 heteroatoms. The zero-order chi connectivity index (χ0) is 16.3. The van der Waals surface area contributed by atoms with Gasteiger partial charge in [-0.05, 0) is 63.8 Å². The predicted octanol–water partition coefficient (Wildman–Crippen LogP) is 2.66. The minimum atomic E-state index is -3.71. The summed E-state index contributed by atoms with van der Waals surface area (Å²) in [4.78, 5) is 0.123. The Bertz CT molecular complexity index is 658. The van der Waals surface area contributed by atoms with Crippen LogP contribution in [-0.4, -0.2) is 15.0 Å². The van der Waals surface area contributed by atoms with Crippen LogP contribution in [0.4, 0.5) is 0 Å². The van der Waals surface area contributed by atoms with E-state index in [2.05, 4.69) is 6.07 Å². The third-order valence-corrected chi connectivity index (χ3v) is 4.56. The van der Waals surface area contributed by atoms with E-state index in [0.717, 1.165) is 18.4 Å². The van der Waals surface area contributed by atoms with E-state index in [9.17, 15) is 8.42 Å². The summed E-state index contributed by atoms with van der Waals surface area (Å²) in [7, 11) is -3.71. The Kier molecular flexibility index (Phi) is 5.37. The molecule has 0 bridgehead atoms. The molecule has 0 unspecified atom stereocenters. The maximum absolute atomic E-state index is 11.4. The Morgan fingerprint density at radius 3 is 2.43 bits per heavy atom. The Hall–Kier alpha value is -1.58. The van der Waals surface area contributed by atoms with Crippen molar-refractivity contribution in [2.45, 2.75) is 45.4 Å². The topological polar surface area (TPSA) is 93.2 Å². The SMILES string of the molecule is Cc1c(OCCCC(C)(C)C#N)ccc(S(N)(=O)=O)c1C. The number of hydrogen-bond acceptors (Lipinski definition) is 4. The smallest absolute Gasteiger partial charge is 0.238 e. The molecule has 1 aromatic rings. The van der Waals surface area contributed by atoms with Crippen molar-refractivity contribution >= 4 is 10.0 Å². The van der Waals surface area contributed by atoms with Crippen LogP contribution in [0.2, 0.25) is 0 Å². The molecule has 0 aromatic heterocycles. The summed E-state index contributed by atoms with van der Waals surface area (Å²) in [5, 5.41) is 14.1. The van der Waals surface area contributed by atoms with Gasteiger partial charge < -0.3 is 4.74 Å². The Morgan fingerprint density at radius 2 is 1.90 bits per heavy atom. The zero-order valence-electron chi connectivity index (χ0n) is 12.9. The molecule has 0 atom stereocenters. The van der Waals surface area contributed by atoms with Gasteiger partial charge in [-0.25, -0.2) is 13.6 Å².